The summed E-state index contributed by atoms with van der Waals surface area (Å²) in [6.45, 7) is 5.21. The smallest absolute Gasteiger partial charge is 0.310 e. The van der Waals surface area contributed by atoms with Gasteiger partial charge in [0.1, 0.15) is 6.07 Å². The first-order valence-corrected chi connectivity index (χ1v) is 6.78. The fraction of sp³-hybridized carbons (Fsp3) is 0.533. The van der Waals surface area contributed by atoms with Crippen LogP contribution in [0.15, 0.2) is 6.07 Å². The van der Waals surface area contributed by atoms with Crippen molar-refractivity contribution in [1.29, 1.82) is 5.26 Å². The molecule has 0 aromatic carbocycles. The van der Waals surface area contributed by atoms with Gasteiger partial charge in [0.15, 0.2) is 0 Å². The van der Waals surface area contributed by atoms with Gasteiger partial charge in [0.2, 0.25) is 0 Å². The van der Waals surface area contributed by atoms with E-state index in [1.165, 1.54) is 7.11 Å². The Hall–Kier alpha value is -2.09. The number of carbonyl (C=O) groups excluding carboxylic acids is 1. The summed E-state index contributed by atoms with van der Waals surface area (Å²) in [7, 11) is 1.42. The van der Waals surface area contributed by atoms with E-state index in [1.807, 2.05) is 19.9 Å². The molecule has 1 aromatic heterocycles. The topological polar surface area (TPSA) is 66.2 Å². The first-order chi connectivity index (χ1) is 9.56. The number of ether oxygens (including phenoxy) is 1. The van der Waals surface area contributed by atoms with Gasteiger partial charge in [-0.25, -0.2) is 0 Å². The van der Waals surface area contributed by atoms with E-state index in [-0.39, 0.29) is 11.9 Å². The first kappa shape index (κ1) is 14.3. The van der Waals surface area contributed by atoms with Crippen molar-refractivity contribution in [3.8, 4) is 6.07 Å². The summed E-state index contributed by atoms with van der Waals surface area (Å²) in [6, 6.07) is 4.15. The van der Waals surface area contributed by atoms with Crippen molar-refractivity contribution in [2.45, 2.75) is 26.7 Å². The Morgan fingerprint density at radius 2 is 2.30 bits per heavy atom. The van der Waals surface area contributed by atoms with Crippen LogP contribution in [0.3, 0.4) is 0 Å². The van der Waals surface area contributed by atoms with Crippen LogP contribution in [0.2, 0.25) is 0 Å². The number of pyridine rings is 1. The lowest BCUT2D eigenvalue weighted by molar-refractivity contribution is -0.145. The third-order valence-electron chi connectivity index (χ3n) is 3.72. The van der Waals surface area contributed by atoms with E-state index >= 15 is 0 Å². The minimum absolute atomic E-state index is 0.117. The first-order valence-electron chi connectivity index (χ1n) is 6.78. The monoisotopic (exact) mass is 273 g/mol. The predicted octanol–water partition coefficient (Wildman–Crippen LogP) is 1.96. The molecule has 1 aliphatic heterocycles. The zero-order valence-electron chi connectivity index (χ0n) is 12.1. The second-order valence-corrected chi connectivity index (χ2v) is 5.16. The molecular formula is C15H19N3O2. The Kier molecular flexibility index (Phi) is 4.23. The van der Waals surface area contributed by atoms with Crippen molar-refractivity contribution in [1.82, 2.24) is 4.98 Å². The van der Waals surface area contributed by atoms with E-state index in [9.17, 15) is 10.1 Å². The number of hydrogen-bond acceptors (Lipinski definition) is 5. The Morgan fingerprint density at radius 1 is 1.55 bits per heavy atom. The number of aromatic nitrogens is 1. The van der Waals surface area contributed by atoms with Gasteiger partial charge in [-0.1, -0.05) is 0 Å². The Morgan fingerprint density at radius 3 is 2.95 bits per heavy atom. The van der Waals surface area contributed by atoms with Crippen LogP contribution >= 0.6 is 0 Å². The molecule has 0 amide bonds. The number of methoxy groups -OCH3 is 1. The summed E-state index contributed by atoms with van der Waals surface area (Å²) in [6.07, 6.45) is 1.76. The highest BCUT2D eigenvalue weighted by Crippen LogP contribution is 2.28. The number of nitriles is 1. The molecule has 2 rings (SSSR count). The Balaban J connectivity index is 2.32. The van der Waals surface area contributed by atoms with Crippen molar-refractivity contribution in [3.05, 3.63) is 23.0 Å². The fourth-order valence-electron chi connectivity index (χ4n) is 2.75. The lowest BCUT2D eigenvalue weighted by Crippen LogP contribution is -2.39. The van der Waals surface area contributed by atoms with Crippen molar-refractivity contribution in [2.75, 3.05) is 25.1 Å². The van der Waals surface area contributed by atoms with Crippen LogP contribution in [0.5, 0.6) is 0 Å². The highest BCUT2D eigenvalue weighted by Gasteiger charge is 2.28. The van der Waals surface area contributed by atoms with E-state index in [2.05, 4.69) is 16.0 Å². The molecule has 20 heavy (non-hydrogen) atoms. The molecule has 106 valence electrons. The van der Waals surface area contributed by atoms with Gasteiger partial charge in [-0.2, -0.15) is 5.26 Å². The molecule has 0 bridgehead atoms. The zero-order chi connectivity index (χ0) is 14.7. The summed E-state index contributed by atoms with van der Waals surface area (Å²) < 4.78 is 4.83. The Bertz CT molecular complexity index is 563. The van der Waals surface area contributed by atoms with Gasteiger partial charge in [0, 0.05) is 18.8 Å². The molecule has 5 nitrogen and oxygen atoms in total. The average Bonchev–Trinajstić information content (AvgIpc) is 2.45. The third kappa shape index (κ3) is 2.74. The van der Waals surface area contributed by atoms with Gasteiger partial charge >= 0.3 is 5.97 Å². The van der Waals surface area contributed by atoms with E-state index < -0.39 is 0 Å². The van der Waals surface area contributed by atoms with Crippen LogP contribution < -0.4 is 4.90 Å². The maximum atomic E-state index is 11.7. The van der Waals surface area contributed by atoms with Gasteiger partial charge in [-0.05, 0) is 32.8 Å². The molecule has 1 aliphatic rings. The molecule has 1 atom stereocenters. The third-order valence-corrected chi connectivity index (χ3v) is 3.72. The van der Waals surface area contributed by atoms with Crippen molar-refractivity contribution in [2.24, 2.45) is 5.92 Å². The average molecular weight is 273 g/mol. The van der Waals surface area contributed by atoms with Crippen LogP contribution in [0, 0.1) is 31.1 Å². The van der Waals surface area contributed by atoms with Gasteiger partial charge in [-0.3, -0.25) is 9.78 Å². The second-order valence-electron chi connectivity index (χ2n) is 5.16. The van der Waals surface area contributed by atoms with E-state index in [4.69, 9.17) is 4.74 Å². The molecule has 1 unspecified atom stereocenters. The quantitative estimate of drug-likeness (QED) is 0.771. The molecule has 5 heteroatoms. The summed E-state index contributed by atoms with van der Waals surface area (Å²) in [5, 5.41) is 9.33. The molecule has 2 heterocycles. The number of carbonyl (C=O) groups is 1. The molecule has 0 radical (unpaired) electrons. The van der Waals surface area contributed by atoms with Crippen molar-refractivity contribution >= 4 is 11.7 Å². The highest BCUT2D eigenvalue weighted by molar-refractivity contribution is 5.74. The molecule has 0 saturated carbocycles. The van der Waals surface area contributed by atoms with Crippen LogP contribution in [-0.4, -0.2) is 31.2 Å². The number of rotatable bonds is 2. The molecule has 0 spiro atoms. The molecular weight excluding hydrogens is 254 g/mol. The normalized spacial score (nSPS) is 18.5. The lowest BCUT2D eigenvalue weighted by atomic mass is 9.97. The standard InChI is InChI=1S/C15H19N3O2/c1-10-7-14(13(8-16)11(2)17-10)18-6-4-5-12(9-18)15(19)20-3/h7,12H,4-6,9H2,1-3H3. The summed E-state index contributed by atoms with van der Waals surface area (Å²) in [4.78, 5) is 18.1. The molecule has 0 aliphatic carbocycles. The number of esters is 1. The number of hydrogen-bond donors (Lipinski definition) is 0. The maximum absolute atomic E-state index is 11.7. The van der Waals surface area contributed by atoms with Crippen LogP contribution in [0.25, 0.3) is 0 Å². The minimum Gasteiger partial charge on any atom is -0.469 e. The largest absolute Gasteiger partial charge is 0.469 e. The van der Waals surface area contributed by atoms with Gasteiger partial charge in [0.05, 0.1) is 30.0 Å². The minimum atomic E-state index is -0.171. The molecule has 1 aromatic rings. The van der Waals surface area contributed by atoms with E-state index in [0.717, 1.165) is 36.5 Å². The van der Waals surface area contributed by atoms with E-state index in [0.29, 0.717) is 12.1 Å². The van der Waals surface area contributed by atoms with Crippen LogP contribution in [0.4, 0.5) is 5.69 Å². The lowest BCUT2D eigenvalue weighted by Gasteiger charge is -2.33. The molecule has 0 N–H and O–H groups in total. The number of piperidine rings is 1. The maximum Gasteiger partial charge on any atom is 0.310 e. The number of aryl methyl sites for hydroxylation is 2. The summed E-state index contributed by atoms with van der Waals surface area (Å²) >= 11 is 0. The Labute approximate surface area is 119 Å². The fourth-order valence-corrected chi connectivity index (χ4v) is 2.75. The van der Waals surface area contributed by atoms with Gasteiger partial charge in [-0.15, -0.1) is 0 Å². The van der Waals surface area contributed by atoms with Gasteiger partial charge < -0.3 is 9.64 Å². The van der Waals surface area contributed by atoms with Crippen LogP contribution in [0.1, 0.15) is 29.8 Å². The molecule has 1 fully saturated rings. The second kappa shape index (κ2) is 5.91. The summed E-state index contributed by atoms with van der Waals surface area (Å²) in [5.41, 5.74) is 3.10. The van der Waals surface area contributed by atoms with Gasteiger partial charge in [0.25, 0.3) is 0 Å². The zero-order valence-corrected chi connectivity index (χ0v) is 12.1. The predicted molar refractivity (Wildman–Crippen MR) is 75.4 cm³/mol. The molecule has 1 saturated heterocycles. The highest BCUT2D eigenvalue weighted by atomic mass is 16.5. The van der Waals surface area contributed by atoms with Crippen LogP contribution in [-0.2, 0) is 9.53 Å². The summed E-state index contributed by atoms with van der Waals surface area (Å²) in [5.74, 6) is -0.287. The SMILES string of the molecule is COC(=O)C1CCCN(c2cc(C)nc(C)c2C#N)C1. The van der Waals surface area contributed by atoms with Crippen molar-refractivity contribution in [3.63, 3.8) is 0 Å². The number of anilines is 1. The van der Waals surface area contributed by atoms with Crippen molar-refractivity contribution < 1.29 is 9.53 Å². The van der Waals surface area contributed by atoms with E-state index in [1.54, 1.807) is 0 Å². The number of nitrogens with zero attached hydrogens (tertiary/aromatic N) is 3.